The summed E-state index contributed by atoms with van der Waals surface area (Å²) < 4.78 is 5.44. The van der Waals surface area contributed by atoms with Crippen molar-refractivity contribution in [3.8, 4) is 5.75 Å². The fourth-order valence-electron chi connectivity index (χ4n) is 3.17. The Labute approximate surface area is 173 Å². The van der Waals surface area contributed by atoms with Gasteiger partial charge in [-0.3, -0.25) is 19.3 Å². The molecular weight excluding hydrogens is 390 g/mol. The molecular formula is C22H21NO5S. The van der Waals surface area contributed by atoms with Crippen molar-refractivity contribution in [1.82, 2.24) is 4.90 Å². The molecule has 29 heavy (non-hydrogen) atoms. The zero-order valence-electron chi connectivity index (χ0n) is 16.2. The van der Waals surface area contributed by atoms with Gasteiger partial charge >= 0.3 is 5.97 Å². The van der Waals surface area contributed by atoms with Crippen LogP contribution in [0.4, 0.5) is 0 Å². The van der Waals surface area contributed by atoms with Gasteiger partial charge in [0.1, 0.15) is 11.8 Å². The van der Waals surface area contributed by atoms with Crippen LogP contribution in [-0.4, -0.2) is 46.5 Å². The maximum atomic E-state index is 12.9. The highest BCUT2D eigenvalue weighted by Crippen LogP contribution is 2.27. The first-order chi connectivity index (χ1) is 14.0. The number of carbonyl (C=O) groups is 4. The largest absolute Gasteiger partial charge is 0.425 e. The van der Waals surface area contributed by atoms with Crippen LogP contribution in [0.2, 0.25) is 0 Å². The number of esters is 1. The summed E-state index contributed by atoms with van der Waals surface area (Å²) in [5.74, 6) is -0.824. The lowest BCUT2D eigenvalue weighted by Crippen LogP contribution is -2.47. The standard InChI is InChI=1S/C22H21NO5S/c1-3-19(24)14-8-10-15(11-9-14)28-22(27)18(12-13-29-2)23-20(25)16-6-4-5-7-17(16)21(23)26/h4-11,18H,3,12-13H2,1-2H3/t18-/m0/s1. The normalized spacial score (nSPS) is 13.9. The lowest BCUT2D eigenvalue weighted by molar-refractivity contribution is -0.138. The van der Waals surface area contributed by atoms with Crippen molar-refractivity contribution in [3.63, 3.8) is 0 Å². The molecule has 0 unspecified atom stereocenters. The van der Waals surface area contributed by atoms with E-state index in [0.29, 0.717) is 28.9 Å². The van der Waals surface area contributed by atoms with Crippen molar-refractivity contribution in [3.05, 3.63) is 65.2 Å². The Bertz CT molecular complexity index is 919. The number of Topliss-reactive ketones (excluding diaryl/α,β-unsaturated/α-hetero) is 1. The summed E-state index contributed by atoms with van der Waals surface area (Å²) in [4.78, 5) is 51.2. The molecule has 3 rings (SSSR count). The summed E-state index contributed by atoms with van der Waals surface area (Å²) in [6.07, 6.45) is 2.56. The minimum absolute atomic E-state index is 0.00764. The summed E-state index contributed by atoms with van der Waals surface area (Å²) in [5, 5.41) is 0. The predicted octanol–water partition coefficient (Wildman–Crippen LogP) is 3.60. The van der Waals surface area contributed by atoms with Crippen LogP contribution in [0.5, 0.6) is 5.75 Å². The molecule has 1 heterocycles. The molecule has 1 atom stereocenters. The monoisotopic (exact) mass is 411 g/mol. The Morgan fingerprint density at radius 3 is 2.10 bits per heavy atom. The van der Waals surface area contributed by atoms with E-state index >= 15 is 0 Å². The van der Waals surface area contributed by atoms with E-state index in [9.17, 15) is 19.2 Å². The first-order valence-electron chi connectivity index (χ1n) is 9.28. The molecule has 1 aliphatic rings. The number of nitrogens with zero attached hydrogens (tertiary/aromatic N) is 1. The zero-order valence-corrected chi connectivity index (χ0v) is 17.0. The number of ketones is 1. The highest BCUT2D eigenvalue weighted by atomic mass is 32.2. The fraction of sp³-hybridized carbons (Fsp3) is 0.273. The number of rotatable bonds is 8. The van der Waals surface area contributed by atoms with Gasteiger partial charge in [-0.25, -0.2) is 4.79 Å². The molecule has 0 saturated carbocycles. The van der Waals surface area contributed by atoms with Crippen LogP contribution < -0.4 is 4.74 Å². The molecule has 2 aromatic carbocycles. The van der Waals surface area contributed by atoms with E-state index < -0.39 is 23.8 Å². The summed E-state index contributed by atoms with van der Waals surface area (Å²) in [7, 11) is 0. The van der Waals surface area contributed by atoms with Gasteiger partial charge in [0.15, 0.2) is 5.78 Å². The SMILES string of the molecule is CCC(=O)c1ccc(OC(=O)[C@H](CCSC)N2C(=O)c3ccccc3C2=O)cc1. The fourth-order valence-corrected chi connectivity index (χ4v) is 3.63. The second-order valence-corrected chi connectivity index (χ2v) is 7.53. The molecule has 0 aliphatic carbocycles. The van der Waals surface area contributed by atoms with E-state index in [4.69, 9.17) is 4.74 Å². The summed E-state index contributed by atoms with van der Waals surface area (Å²) in [6, 6.07) is 11.8. The van der Waals surface area contributed by atoms with E-state index in [2.05, 4.69) is 0 Å². The number of hydrogen-bond acceptors (Lipinski definition) is 6. The van der Waals surface area contributed by atoms with Crippen LogP contribution in [0.3, 0.4) is 0 Å². The molecule has 150 valence electrons. The van der Waals surface area contributed by atoms with Gasteiger partial charge in [0.2, 0.25) is 0 Å². The Kier molecular flexibility index (Phi) is 6.49. The average molecular weight is 411 g/mol. The van der Waals surface area contributed by atoms with Crippen molar-refractivity contribution < 1.29 is 23.9 Å². The first kappa shape index (κ1) is 20.8. The van der Waals surface area contributed by atoms with Crippen molar-refractivity contribution in [2.24, 2.45) is 0 Å². The molecule has 0 radical (unpaired) electrons. The minimum Gasteiger partial charge on any atom is -0.425 e. The molecule has 0 spiro atoms. The molecule has 0 aromatic heterocycles. The van der Waals surface area contributed by atoms with Crippen molar-refractivity contribution in [1.29, 1.82) is 0 Å². The van der Waals surface area contributed by atoms with Gasteiger partial charge in [-0.2, -0.15) is 11.8 Å². The van der Waals surface area contributed by atoms with E-state index in [0.717, 1.165) is 4.90 Å². The number of benzene rings is 2. The van der Waals surface area contributed by atoms with Gasteiger partial charge in [0.05, 0.1) is 11.1 Å². The third-order valence-electron chi connectivity index (χ3n) is 4.72. The highest BCUT2D eigenvalue weighted by Gasteiger charge is 2.43. The van der Waals surface area contributed by atoms with Gasteiger partial charge in [-0.1, -0.05) is 19.1 Å². The second-order valence-electron chi connectivity index (χ2n) is 6.55. The third kappa shape index (κ3) is 4.24. The van der Waals surface area contributed by atoms with E-state index in [1.165, 1.54) is 23.9 Å². The van der Waals surface area contributed by atoms with Crippen molar-refractivity contribution in [2.75, 3.05) is 12.0 Å². The van der Waals surface area contributed by atoms with Gasteiger partial charge in [-0.15, -0.1) is 0 Å². The number of hydrogen-bond donors (Lipinski definition) is 0. The van der Waals surface area contributed by atoms with Crippen LogP contribution in [0.15, 0.2) is 48.5 Å². The minimum atomic E-state index is -1.02. The predicted molar refractivity (Wildman–Crippen MR) is 110 cm³/mol. The van der Waals surface area contributed by atoms with Gasteiger partial charge < -0.3 is 4.74 Å². The molecule has 2 aromatic rings. The number of ether oxygens (including phenoxy) is 1. The first-order valence-corrected chi connectivity index (χ1v) is 10.7. The van der Waals surface area contributed by atoms with Gasteiger partial charge in [0, 0.05) is 12.0 Å². The van der Waals surface area contributed by atoms with Crippen LogP contribution in [0, 0.1) is 0 Å². The van der Waals surface area contributed by atoms with Gasteiger partial charge in [-0.05, 0) is 54.8 Å². The van der Waals surface area contributed by atoms with Crippen LogP contribution in [-0.2, 0) is 4.79 Å². The summed E-state index contributed by atoms with van der Waals surface area (Å²) in [6.45, 7) is 1.77. The van der Waals surface area contributed by atoms with E-state index in [1.807, 2.05) is 6.26 Å². The third-order valence-corrected chi connectivity index (χ3v) is 5.36. The Morgan fingerprint density at radius 1 is 1.00 bits per heavy atom. The zero-order chi connectivity index (χ0) is 21.0. The number of fused-ring (bicyclic) bond motifs is 1. The molecule has 6 nitrogen and oxygen atoms in total. The summed E-state index contributed by atoms with van der Waals surface area (Å²) >= 11 is 1.51. The average Bonchev–Trinajstić information content (AvgIpc) is 2.99. The molecule has 2 amide bonds. The smallest absolute Gasteiger partial charge is 0.334 e. The molecule has 0 bridgehead atoms. The van der Waals surface area contributed by atoms with Crippen molar-refractivity contribution in [2.45, 2.75) is 25.8 Å². The Morgan fingerprint density at radius 2 is 1.59 bits per heavy atom. The van der Waals surface area contributed by atoms with E-state index in [-0.39, 0.29) is 18.0 Å². The number of thioether (sulfide) groups is 1. The number of amides is 2. The number of imide groups is 1. The Balaban J connectivity index is 1.82. The summed E-state index contributed by atoms with van der Waals surface area (Å²) in [5.41, 5.74) is 1.12. The van der Waals surface area contributed by atoms with E-state index in [1.54, 1.807) is 43.3 Å². The lowest BCUT2D eigenvalue weighted by Gasteiger charge is -2.24. The second kappa shape index (κ2) is 9.05. The molecule has 1 aliphatic heterocycles. The lowest BCUT2D eigenvalue weighted by atomic mass is 10.1. The molecule has 0 fully saturated rings. The molecule has 7 heteroatoms. The van der Waals surface area contributed by atoms with Gasteiger partial charge in [0.25, 0.3) is 11.8 Å². The topological polar surface area (TPSA) is 80.8 Å². The van der Waals surface area contributed by atoms with Crippen LogP contribution in [0.1, 0.15) is 50.8 Å². The maximum Gasteiger partial charge on any atom is 0.334 e. The molecule has 0 N–H and O–H groups in total. The highest BCUT2D eigenvalue weighted by molar-refractivity contribution is 7.98. The Hall–Kier alpha value is -2.93. The molecule has 0 saturated heterocycles. The maximum absolute atomic E-state index is 12.9. The van der Waals surface area contributed by atoms with Crippen LogP contribution >= 0.6 is 11.8 Å². The van der Waals surface area contributed by atoms with Crippen LogP contribution in [0.25, 0.3) is 0 Å². The van der Waals surface area contributed by atoms with Crippen molar-refractivity contribution >= 4 is 35.3 Å². The quantitative estimate of drug-likeness (QED) is 0.286. The number of carbonyl (C=O) groups excluding carboxylic acids is 4.